The van der Waals surface area contributed by atoms with Crippen LogP contribution in [0.25, 0.3) is 0 Å². The van der Waals surface area contributed by atoms with E-state index in [1.165, 1.54) is 7.11 Å². The third-order valence-electron chi connectivity index (χ3n) is 5.17. The van der Waals surface area contributed by atoms with Crippen molar-refractivity contribution in [2.45, 2.75) is 18.9 Å². The van der Waals surface area contributed by atoms with Crippen LogP contribution in [0.15, 0.2) is 54.6 Å². The predicted molar refractivity (Wildman–Crippen MR) is 116 cm³/mol. The van der Waals surface area contributed by atoms with E-state index in [0.29, 0.717) is 31.7 Å². The molecule has 1 saturated heterocycles. The Bertz CT molecular complexity index is 843. The molecule has 1 N–H and O–H groups in total. The van der Waals surface area contributed by atoms with Crippen molar-refractivity contribution in [3.8, 4) is 5.75 Å². The molecule has 0 aliphatic carbocycles. The maximum Gasteiger partial charge on any atom is 0.406 e. The van der Waals surface area contributed by atoms with Crippen LogP contribution in [0.4, 0.5) is 10.5 Å². The lowest BCUT2D eigenvalue weighted by Crippen LogP contribution is -2.33. The third-order valence-corrected chi connectivity index (χ3v) is 5.17. The highest BCUT2D eigenvalue weighted by Gasteiger charge is 2.24. The Morgan fingerprint density at radius 3 is 2.57 bits per heavy atom. The quantitative estimate of drug-likeness (QED) is 0.758. The summed E-state index contributed by atoms with van der Waals surface area (Å²) in [5.41, 5.74) is 1.78. The summed E-state index contributed by atoms with van der Waals surface area (Å²) in [6.45, 7) is 2.59. The van der Waals surface area contributed by atoms with Gasteiger partial charge in [0, 0.05) is 39.0 Å². The molecule has 0 saturated carbocycles. The lowest BCUT2D eigenvalue weighted by molar-refractivity contribution is -0.118. The van der Waals surface area contributed by atoms with Crippen molar-refractivity contribution in [2.75, 3.05) is 45.2 Å². The van der Waals surface area contributed by atoms with Gasteiger partial charge in [-0.25, -0.2) is 4.79 Å². The number of benzene rings is 2. The van der Waals surface area contributed by atoms with E-state index in [9.17, 15) is 9.59 Å². The van der Waals surface area contributed by atoms with Crippen LogP contribution in [-0.2, 0) is 9.53 Å². The van der Waals surface area contributed by atoms with Gasteiger partial charge in [0.2, 0.25) is 5.91 Å². The molecule has 3 rings (SSSR count). The highest BCUT2D eigenvalue weighted by atomic mass is 16.5. The Morgan fingerprint density at radius 1 is 1.07 bits per heavy atom. The zero-order valence-corrected chi connectivity index (χ0v) is 17.5. The first-order valence-corrected chi connectivity index (χ1v) is 10.2. The number of anilines is 1. The molecule has 1 fully saturated rings. The number of nitrogens with zero attached hydrogens (tertiary/aromatic N) is 2. The number of hydrogen-bond donors (Lipinski definition) is 1. The molecular formula is C23H29N3O4. The number of likely N-dealkylation sites (N-methyl/N-ethyl adjacent to an activating group) is 1. The number of carbonyl (C=O) groups is 2. The van der Waals surface area contributed by atoms with Crippen molar-refractivity contribution >= 4 is 17.7 Å². The van der Waals surface area contributed by atoms with Crippen LogP contribution < -0.4 is 15.0 Å². The van der Waals surface area contributed by atoms with Crippen molar-refractivity contribution in [1.29, 1.82) is 0 Å². The van der Waals surface area contributed by atoms with Gasteiger partial charge in [0.25, 0.3) is 0 Å². The van der Waals surface area contributed by atoms with Crippen molar-refractivity contribution in [2.24, 2.45) is 0 Å². The van der Waals surface area contributed by atoms with Gasteiger partial charge in [0.05, 0.1) is 12.8 Å². The van der Waals surface area contributed by atoms with Crippen molar-refractivity contribution in [3.63, 3.8) is 0 Å². The Kier molecular flexibility index (Phi) is 7.68. The molecule has 160 valence electrons. The van der Waals surface area contributed by atoms with Gasteiger partial charge in [-0.3, -0.25) is 4.79 Å². The highest BCUT2D eigenvalue weighted by molar-refractivity contribution is 5.95. The van der Waals surface area contributed by atoms with E-state index in [2.05, 4.69) is 15.0 Å². The van der Waals surface area contributed by atoms with Crippen LogP contribution in [0.1, 0.15) is 24.5 Å². The van der Waals surface area contributed by atoms with Gasteiger partial charge in [0.15, 0.2) is 0 Å². The summed E-state index contributed by atoms with van der Waals surface area (Å²) in [5, 5.41) is 2.71. The second-order valence-electron chi connectivity index (χ2n) is 7.29. The molecule has 7 nitrogen and oxygen atoms in total. The number of ether oxygens (including phenoxy) is 2. The molecule has 30 heavy (non-hydrogen) atoms. The van der Waals surface area contributed by atoms with Crippen molar-refractivity contribution in [1.82, 2.24) is 10.2 Å². The number of para-hydroxylation sites is 2. The van der Waals surface area contributed by atoms with Gasteiger partial charge < -0.3 is 24.6 Å². The van der Waals surface area contributed by atoms with Gasteiger partial charge >= 0.3 is 6.09 Å². The number of alkyl carbamates (subject to hydrolysis) is 1. The summed E-state index contributed by atoms with van der Waals surface area (Å²) in [7, 11) is 3.37. The highest BCUT2D eigenvalue weighted by Crippen LogP contribution is 2.34. The van der Waals surface area contributed by atoms with Gasteiger partial charge in [-0.05, 0) is 24.7 Å². The van der Waals surface area contributed by atoms with Crippen molar-refractivity contribution < 1.29 is 19.1 Å². The summed E-state index contributed by atoms with van der Waals surface area (Å²) in [6.07, 6.45) is 0.288. The first-order valence-electron chi connectivity index (χ1n) is 10.2. The number of amides is 2. The molecule has 0 spiro atoms. The minimum Gasteiger partial charge on any atom is -0.483 e. The Balaban J connectivity index is 1.82. The van der Waals surface area contributed by atoms with Gasteiger partial charge in [-0.2, -0.15) is 0 Å². The number of rotatable bonds is 7. The summed E-state index contributed by atoms with van der Waals surface area (Å²) in [5.74, 6) is 0.751. The van der Waals surface area contributed by atoms with Crippen LogP contribution >= 0.6 is 0 Å². The van der Waals surface area contributed by atoms with Gasteiger partial charge in [-0.15, -0.1) is 0 Å². The molecule has 1 heterocycles. The smallest absolute Gasteiger partial charge is 0.406 e. The predicted octanol–water partition coefficient (Wildman–Crippen LogP) is 3.22. The summed E-state index contributed by atoms with van der Waals surface area (Å²) in [6, 6.07) is 17.5. The minimum atomic E-state index is -0.471. The third kappa shape index (κ3) is 5.73. The standard InChI is InChI=1S/C23H29N3O4/c1-25-15-13-22(27)26(17-16-25)19-10-6-7-11-21(19)30-20(12-14-24-23(28)29-2)18-8-4-3-5-9-18/h3-11,20H,12-17H2,1-2H3,(H,24,28). The van der Waals surface area contributed by atoms with Crippen LogP contribution in [0.2, 0.25) is 0 Å². The lowest BCUT2D eigenvalue weighted by Gasteiger charge is -2.26. The molecule has 0 aromatic heterocycles. The van der Waals surface area contributed by atoms with Crippen LogP contribution in [-0.4, -0.2) is 57.2 Å². The summed E-state index contributed by atoms with van der Waals surface area (Å²) < 4.78 is 11.1. The monoisotopic (exact) mass is 411 g/mol. The second-order valence-corrected chi connectivity index (χ2v) is 7.29. The maximum absolute atomic E-state index is 12.7. The SMILES string of the molecule is COC(=O)NCCC(Oc1ccccc1N1CCN(C)CCC1=O)c1ccccc1. The lowest BCUT2D eigenvalue weighted by atomic mass is 10.1. The van der Waals surface area contributed by atoms with E-state index < -0.39 is 6.09 Å². The zero-order chi connectivity index (χ0) is 21.3. The van der Waals surface area contributed by atoms with E-state index in [4.69, 9.17) is 4.74 Å². The number of hydrogen-bond acceptors (Lipinski definition) is 5. The molecule has 7 heteroatoms. The fourth-order valence-electron chi connectivity index (χ4n) is 3.46. The first-order chi connectivity index (χ1) is 14.6. The fourth-order valence-corrected chi connectivity index (χ4v) is 3.46. The van der Waals surface area contributed by atoms with Gasteiger partial charge in [0.1, 0.15) is 11.9 Å². The largest absolute Gasteiger partial charge is 0.483 e. The minimum absolute atomic E-state index is 0.0963. The number of carbonyl (C=O) groups excluding carboxylic acids is 2. The summed E-state index contributed by atoms with van der Waals surface area (Å²) in [4.78, 5) is 28.1. The van der Waals surface area contributed by atoms with E-state index >= 15 is 0 Å². The molecule has 2 amide bonds. The van der Waals surface area contributed by atoms with Crippen LogP contribution in [0, 0.1) is 0 Å². The molecule has 1 aliphatic rings. The summed E-state index contributed by atoms with van der Waals surface area (Å²) >= 11 is 0. The molecule has 2 aromatic rings. The van der Waals surface area contributed by atoms with E-state index in [0.717, 1.165) is 24.3 Å². The van der Waals surface area contributed by atoms with Crippen LogP contribution in [0.3, 0.4) is 0 Å². The Hall–Kier alpha value is -3.06. The topological polar surface area (TPSA) is 71.1 Å². The van der Waals surface area contributed by atoms with E-state index in [1.807, 2.05) is 66.5 Å². The zero-order valence-electron chi connectivity index (χ0n) is 17.5. The molecule has 2 aromatic carbocycles. The fraction of sp³-hybridized carbons (Fsp3) is 0.391. The van der Waals surface area contributed by atoms with E-state index in [-0.39, 0.29) is 12.0 Å². The first kappa shape index (κ1) is 21.6. The average molecular weight is 412 g/mol. The Morgan fingerprint density at radius 2 is 1.80 bits per heavy atom. The molecule has 1 aliphatic heterocycles. The van der Waals surface area contributed by atoms with Gasteiger partial charge in [-0.1, -0.05) is 42.5 Å². The molecular weight excluding hydrogens is 382 g/mol. The Labute approximate surface area is 177 Å². The molecule has 1 unspecified atom stereocenters. The molecule has 1 atom stereocenters. The van der Waals surface area contributed by atoms with Crippen molar-refractivity contribution in [3.05, 3.63) is 60.2 Å². The number of nitrogens with one attached hydrogen (secondary N) is 1. The second kappa shape index (κ2) is 10.6. The van der Waals surface area contributed by atoms with Crippen LogP contribution in [0.5, 0.6) is 5.75 Å². The maximum atomic E-state index is 12.7. The molecule has 0 bridgehead atoms. The number of methoxy groups -OCH3 is 1. The normalized spacial score (nSPS) is 15.9. The molecule has 0 radical (unpaired) electrons. The van der Waals surface area contributed by atoms with E-state index in [1.54, 1.807) is 0 Å². The average Bonchev–Trinajstić information content (AvgIpc) is 2.94.